The van der Waals surface area contributed by atoms with Crippen molar-refractivity contribution in [2.45, 2.75) is 68.0 Å². The number of hydroxylamine groups is 2. The van der Waals surface area contributed by atoms with Crippen molar-refractivity contribution in [1.29, 1.82) is 0 Å². The number of thiazole rings is 1. The van der Waals surface area contributed by atoms with Gasteiger partial charge in [-0.15, -0.1) is 11.3 Å². The number of halogens is 2. The summed E-state index contributed by atoms with van der Waals surface area (Å²) in [5, 5.41) is 46.8. The molecule has 2 unspecified atom stereocenters. The number of carbonyl (C=O) groups is 6. The Bertz CT molecular complexity index is 1860. The van der Waals surface area contributed by atoms with Gasteiger partial charge in [-0.05, 0) is 0 Å². The first-order valence-electron chi connectivity index (χ1n) is 14.6. The molecule has 4 aliphatic rings. The largest absolute Gasteiger partial charge is 0.504 e. The third kappa shape index (κ3) is 5.72. The number of oxime groups is 1. The van der Waals surface area contributed by atoms with E-state index in [1.54, 1.807) is 0 Å². The van der Waals surface area contributed by atoms with Crippen molar-refractivity contribution < 1.29 is 77.0 Å². The number of aromatic nitrogens is 2. The van der Waals surface area contributed by atoms with E-state index in [2.05, 4.69) is 15.5 Å². The number of hydrogen-bond acceptors (Lipinski definition) is 15. The van der Waals surface area contributed by atoms with E-state index in [1.165, 1.54) is 5.38 Å². The third-order valence-corrected chi connectivity index (χ3v) is 9.28. The average Bonchev–Trinajstić information content (AvgIpc) is 3.81. The molecule has 2 saturated heterocycles. The second-order valence-corrected chi connectivity index (χ2v) is 12.6. The number of pyridine rings is 1. The number of hydrogen-bond donors (Lipinski definition) is 6. The number of aromatic hydroxyl groups is 2. The maximum Gasteiger partial charge on any atom is 0.499 e. The van der Waals surface area contributed by atoms with E-state index in [9.17, 15) is 58.0 Å². The van der Waals surface area contributed by atoms with Crippen LogP contribution in [-0.4, -0.2) is 113 Å². The fraction of sp³-hybridized carbons (Fsp3) is 0.444. The van der Waals surface area contributed by atoms with E-state index in [0.29, 0.717) is 0 Å². The Balaban J connectivity index is 1.20. The quantitative estimate of drug-likeness (QED) is 0.0784. The molecule has 266 valence electrons. The molecular formula is C27H26F2N7O13S+. The minimum Gasteiger partial charge on any atom is -0.504 e. The number of alkyl halides is 2. The van der Waals surface area contributed by atoms with Gasteiger partial charge in [-0.25, -0.2) is 33.0 Å². The third-order valence-electron chi connectivity index (χ3n) is 8.60. The second-order valence-electron chi connectivity index (χ2n) is 11.8. The number of nitrogen functional groups attached to an aromatic ring is 1. The first-order chi connectivity index (χ1) is 23.5. The highest BCUT2D eigenvalue weighted by Crippen LogP contribution is 2.41. The molecule has 3 fully saturated rings. The Morgan fingerprint density at radius 3 is 2.44 bits per heavy atom. The van der Waals surface area contributed by atoms with E-state index >= 15 is 0 Å². The highest BCUT2D eigenvalue weighted by Gasteiger charge is 2.66. The summed E-state index contributed by atoms with van der Waals surface area (Å²) < 4.78 is 33.7. The van der Waals surface area contributed by atoms with Crippen molar-refractivity contribution in [3.8, 4) is 11.5 Å². The predicted molar refractivity (Wildman–Crippen MR) is 154 cm³/mol. The van der Waals surface area contributed by atoms with Crippen LogP contribution in [0, 0.1) is 0 Å². The van der Waals surface area contributed by atoms with E-state index in [0.717, 1.165) is 33.1 Å². The van der Waals surface area contributed by atoms with E-state index in [-0.39, 0.29) is 28.1 Å². The second kappa shape index (κ2) is 12.0. The summed E-state index contributed by atoms with van der Waals surface area (Å²) in [4.78, 5) is 93.0. The Labute approximate surface area is 281 Å². The minimum atomic E-state index is -3.13. The molecule has 0 aromatic carbocycles. The lowest BCUT2D eigenvalue weighted by molar-refractivity contribution is -0.573. The van der Waals surface area contributed by atoms with Crippen molar-refractivity contribution in [3.63, 3.8) is 0 Å². The zero-order valence-electron chi connectivity index (χ0n) is 25.3. The summed E-state index contributed by atoms with van der Waals surface area (Å²) in [6, 6.07) is -3.05. The fourth-order valence-corrected chi connectivity index (χ4v) is 6.38. The summed E-state index contributed by atoms with van der Waals surface area (Å²) >= 11 is 0.855. The van der Waals surface area contributed by atoms with Crippen LogP contribution in [0.4, 0.5) is 18.7 Å². The van der Waals surface area contributed by atoms with Crippen molar-refractivity contribution in [2.75, 3.05) is 12.3 Å². The topological polar surface area (TPSA) is 285 Å². The normalized spacial score (nSPS) is 25.7. The van der Waals surface area contributed by atoms with Gasteiger partial charge in [-0.3, -0.25) is 14.4 Å². The number of cyclic esters (lactones) is 1. The maximum atomic E-state index is 13.8. The van der Waals surface area contributed by atoms with E-state index in [1.807, 2.05) is 0 Å². The van der Waals surface area contributed by atoms with Crippen LogP contribution in [0.3, 0.4) is 0 Å². The molecule has 1 saturated carbocycles. The molecule has 3 atom stereocenters. The lowest BCUT2D eigenvalue weighted by Gasteiger charge is -2.34. The monoisotopic (exact) mass is 726 g/mol. The Hall–Kier alpha value is -5.71. The molecule has 2 aromatic rings. The number of aliphatic carboxylic acids is 2. The number of esters is 1. The molecule has 50 heavy (non-hydrogen) atoms. The number of anilines is 1. The van der Waals surface area contributed by atoms with Crippen LogP contribution < -0.4 is 15.6 Å². The number of carboxylic acids is 2. The number of carboxylic acid groups (broad SMARTS) is 2. The molecule has 0 spiro atoms. The number of nitrogens with two attached hydrogens (primary N) is 1. The zero-order chi connectivity index (χ0) is 36.3. The van der Waals surface area contributed by atoms with Gasteiger partial charge in [-0.1, -0.05) is 5.16 Å². The Kier molecular flexibility index (Phi) is 8.21. The number of rotatable bonds is 9. The summed E-state index contributed by atoms with van der Waals surface area (Å²) in [6.07, 6.45) is -2.88. The Morgan fingerprint density at radius 1 is 1.12 bits per heavy atom. The molecule has 3 aliphatic heterocycles. The first-order valence-corrected chi connectivity index (χ1v) is 15.5. The van der Waals surface area contributed by atoms with Crippen LogP contribution in [0.5, 0.6) is 11.5 Å². The summed E-state index contributed by atoms with van der Waals surface area (Å²) in [6.45, 7) is -1.02. The van der Waals surface area contributed by atoms with Crippen molar-refractivity contribution >= 4 is 57.9 Å². The summed E-state index contributed by atoms with van der Waals surface area (Å²) in [7, 11) is 0. The van der Waals surface area contributed by atoms with Crippen LogP contribution in [-0.2, 0) is 44.9 Å². The zero-order valence-corrected chi connectivity index (χ0v) is 26.1. The van der Waals surface area contributed by atoms with Crippen molar-refractivity contribution in [1.82, 2.24) is 20.3 Å². The Morgan fingerprint density at radius 2 is 1.82 bits per heavy atom. The molecule has 5 heterocycles. The van der Waals surface area contributed by atoms with Gasteiger partial charge in [0.15, 0.2) is 34.6 Å². The molecule has 2 aromatic heterocycles. The van der Waals surface area contributed by atoms with Gasteiger partial charge in [0.05, 0.1) is 6.42 Å². The number of ether oxygens (including phenoxy) is 1. The smallest absolute Gasteiger partial charge is 0.499 e. The number of nitrogens with one attached hydrogen (secondary N) is 1. The van der Waals surface area contributed by atoms with Gasteiger partial charge in [0.2, 0.25) is 17.6 Å². The van der Waals surface area contributed by atoms with Gasteiger partial charge in [0.25, 0.3) is 11.8 Å². The van der Waals surface area contributed by atoms with Crippen LogP contribution in [0.25, 0.3) is 0 Å². The van der Waals surface area contributed by atoms with Crippen LogP contribution in [0.2, 0.25) is 0 Å². The standard InChI is InChI=1S/C27H25F2N7O13S/c28-26(29)3-1-25(2-4-26,21(42)43)49-33-17(13-10-50-23(30)32-13)18(39)31-12-9-47-36(19(12)40)27(22(44)45)6-14(20(41)48-27)35-7-11-5-15(37)16(38)8-34(11)24(35)46/h5,8,10,12,14H,1-4,6-7,9H2,(H6,30,31,32,38,39,42,43,44,45)/p+1/b33-17-/t12-,14?,27?/m0/s1. The lowest BCUT2D eigenvalue weighted by atomic mass is 9.83. The van der Waals surface area contributed by atoms with Crippen LogP contribution >= 0.6 is 11.3 Å². The molecule has 23 heteroatoms. The van der Waals surface area contributed by atoms with Gasteiger partial charge < -0.3 is 41.1 Å². The minimum absolute atomic E-state index is 0.0511. The fourth-order valence-electron chi connectivity index (χ4n) is 5.83. The number of nitrogens with zero attached hydrogens (tertiary/aromatic N) is 5. The molecule has 7 N–H and O–H groups in total. The average molecular weight is 727 g/mol. The molecule has 6 rings (SSSR count). The van der Waals surface area contributed by atoms with Crippen LogP contribution in [0.15, 0.2) is 22.8 Å². The molecule has 3 amide bonds. The molecule has 0 bridgehead atoms. The number of amides is 3. The number of carbonyl (C=O) groups excluding carboxylic acids is 4. The highest BCUT2D eigenvalue weighted by atomic mass is 32.1. The first kappa shape index (κ1) is 34.2. The molecule has 20 nitrogen and oxygen atoms in total. The SMILES string of the molecule is Nc1nc(/C(=N/OC2(C(=O)O)CCC(F)(F)CC2)C(=O)N[C@H]2CON(C3(C(=O)O)CC(N4Cc5cc(O)c(O)c[n+]5C4=O)C(=O)O3)C2=O)cs1. The highest BCUT2D eigenvalue weighted by molar-refractivity contribution is 7.13. The predicted octanol–water partition coefficient (Wildman–Crippen LogP) is -0.984. The number of fused-ring (bicyclic) bond motifs is 1. The van der Waals surface area contributed by atoms with E-state index in [4.69, 9.17) is 20.1 Å². The van der Waals surface area contributed by atoms with Gasteiger partial charge in [0, 0.05) is 37.1 Å². The summed E-state index contributed by atoms with van der Waals surface area (Å²) in [5.74, 6) is -11.5. The summed E-state index contributed by atoms with van der Waals surface area (Å²) in [5.41, 5.74) is -0.166. The molecule has 1 aliphatic carbocycles. The van der Waals surface area contributed by atoms with E-state index < -0.39 is 121 Å². The van der Waals surface area contributed by atoms with Crippen LogP contribution in [0.1, 0.15) is 43.5 Å². The maximum absolute atomic E-state index is 13.8. The van der Waals surface area contributed by atoms with Crippen molar-refractivity contribution in [2.24, 2.45) is 5.16 Å². The van der Waals surface area contributed by atoms with Gasteiger partial charge in [-0.2, -0.15) is 14.4 Å². The lowest BCUT2D eigenvalue weighted by Crippen LogP contribution is -2.57. The van der Waals surface area contributed by atoms with Gasteiger partial charge in [0.1, 0.15) is 24.5 Å². The van der Waals surface area contributed by atoms with Crippen molar-refractivity contribution in [3.05, 3.63) is 29.0 Å². The molecular weight excluding hydrogens is 700 g/mol. The molecule has 0 radical (unpaired) electrons. The van der Waals surface area contributed by atoms with Gasteiger partial charge >= 0.3 is 29.7 Å².